The van der Waals surface area contributed by atoms with Crippen molar-refractivity contribution in [2.24, 2.45) is 0 Å². The lowest BCUT2D eigenvalue weighted by molar-refractivity contribution is -0.274. The number of halogens is 3. The van der Waals surface area contributed by atoms with Crippen LogP contribution in [0.25, 0.3) is 0 Å². The maximum atomic E-state index is 12.4. The topological polar surface area (TPSA) is 63.7 Å². The van der Waals surface area contributed by atoms with Crippen molar-refractivity contribution in [3.8, 4) is 5.75 Å². The molecule has 0 aromatic heterocycles. The van der Waals surface area contributed by atoms with Crippen LogP contribution in [0.5, 0.6) is 5.75 Å². The molecule has 2 aliphatic heterocycles. The third kappa shape index (κ3) is 2.65. The van der Waals surface area contributed by atoms with Crippen molar-refractivity contribution in [2.75, 3.05) is 12.3 Å². The number of likely N-dealkylation sites (tertiary alicyclic amines) is 1. The molecule has 9 heteroatoms. The second-order valence-electron chi connectivity index (χ2n) is 5.34. The lowest BCUT2D eigenvalue weighted by atomic mass is 10.1. The Hall–Kier alpha value is -1.77. The van der Waals surface area contributed by atoms with Gasteiger partial charge in [-0.25, -0.2) is 8.42 Å². The van der Waals surface area contributed by atoms with E-state index in [0.29, 0.717) is 6.42 Å². The first-order valence-electron chi connectivity index (χ1n) is 6.55. The lowest BCUT2D eigenvalue weighted by Gasteiger charge is -2.27. The third-order valence-corrected chi connectivity index (χ3v) is 6.12. The first-order valence-corrected chi connectivity index (χ1v) is 8.26. The molecule has 0 aliphatic carbocycles. The normalized spacial score (nSPS) is 26.2. The molecule has 5 nitrogen and oxygen atoms in total. The van der Waals surface area contributed by atoms with Crippen LogP contribution in [0.1, 0.15) is 16.8 Å². The molecule has 1 aromatic rings. The first-order chi connectivity index (χ1) is 10.2. The molecular weight excluding hydrogens is 323 g/mol. The van der Waals surface area contributed by atoms with Gasteiger partial charge in [-0.3, -0.25) is 4.79 Å². The van der Waals surface area contributed by atoms with Gasteiger partial charge < -0.3 is 9.64 Å². The zero-order valence-corrected chi connectivity index (χ0v) is 12.0. The van der Waals surface area contributed by atoms with Crippen LogP contribution in [0.3, 0.4) is 0 Å². The van der Waals surface area contributed by atoms with Crippen molar-refractivity contribution in [3.05, 3.63) is 29.8 Å². The zero-order chi connectivity index (χ0) is 16.1. The number of carbonyl (C=O) groups excluding carboxylic acids is 1. The van der Waals surface area contributed by atoms with E-state index in [1.807, 2.05) is 0 Å². The number of amides is 1. The average Bonchev–Trinajstić information content (AvgIpc) is 2.92. The molecule has 3 rings (SSSR count). The quantitative estimate of drug-likeness (QED) is 0.823. The summed E-state index contributed by atoms with van der Waals surface area (Å²) in [5.74, 6) is -1.35. The van der Waals surface area contributed by atoms with Crippen molar-refractivity contribution >= 4 is 15.7 Å². The molecule has 1 aromatic carbocycles. The fourth-order valence-corrected chi connectivity index (χ4v) is 4.98. The van der Waals surface area contributed by atoms with Gasteiger partial charge in [-0.2, -0.15) is 0 Å². The summed E-state index contributed by atoms with van der Waals surface area (Å²) in [5, 5.41) is -0.614. The van der Waals surface area contributed by atoms with E-state index in [1.165, 1.54) is 23.1 Å². The molecule has 0 spiro atoms. The number of nitrogens with zero attached hydrogens (tertiary/aromatic N) is 1. The molecule has 2 saturated heterocycles. The van der Waals surface area contributed by atoms with Gasteiger partial charge in [0.15, 0.2) is 9.84 Å². The summed E-state index contributed by atoms with van der Waals surface area (Å²) < 4.78 is 64.4. The largest absolute Gasteiger partial charge is 0.573 e. The highest BCUT2D eigenvalue weighted by Gasteiger charge is 2.50. The van der Waals surface area contributed by atoms with Gasteiger partial charge in [0.1, 0.15) is 5.75 Å². The van der Waals surface area contributed by atoms with Crippen LogP contribution in [0.4, 0.5) is 13.2 Å². The van der Waals surface area contributed by atoms with E-state index >= 15 is 0 Å². The van der Waals surface area contributed by atoms with Gasteiger partial charge in [-0.1, -0.05) is 12.1 Å². The second kappa shape index (κ2) is 4.87. The van der Waals surface area contributed by atoms with E-state index in [0.717, 1.165) is 6.07 Å². The van der Waals surface area contributed by atoms with Crippen LogP contribution >= 0.6 is 0 Å². The van der Waals surface area contributed by atoms with Gasteiger partial charge in [0.05, 0.1) is 16.6 Å². The molecule has 2 aliphatic rings. The molecular formula is C13H12F3NO4S. The average molecular weight is 335 g/mol. The highest BCUT2D eigenvalue weighted by atomic mass is 32.2. The molecule has 22 heavy (non-hydrogen) atoms. The van der Waals surface area contributed by atoms with E-state index in [1.54, 1.807) is 0 Å². The minimum absolute atomic E-state index is 0.0200. The van der Waals surface area contributed by atoms with Crippen molar-refractivity contribution < 1.29 is 31.1 Å². The number of benzene rings is 1. The summed E-state index contributed by atoms with van der Waals surface area (Å²) in [6, 6.07) is 4.59. The van der Waals surface area contributed by atoms with E-state index in [9.17, 15) is 26.4 Å². The van der Waals surface area contributed by atoms with Crippen LogP contribution in [-0.4, -0.2) is 49.2 Å². The summed E-state index contributed by atoms with van der Waals surface area (Å²) in [6.07, 6.45) is -4.56. The Morgan fingerprint density at radius 3 is 2.50 bits per heavy atom. The fraction of sp³-hybridized carbons (Fsp3) is 0.462. The second-order valence-corrected chi connectivity index (χ2v) is 7.67. The van der Waals surface area contributed by atoms with Crippen LogP contribution in [-0.2, 0) is 9.84 Å². The van der Waals surface area contributed by atoms with Crippen molar-refractivity contribution in [1.29, 1.82) is 0 Å². The van der Waals surface area contributed by atoms with Crippen molar-refractivity contribution in [3.63, 3.8) is 0 Å². The van der Waals surface area contributed by atoms with Gasteiger partial charge in [-0.15, -0.1) is 13.2 Å². The van der Waals surface area contributed by atoms with E-state index in [4.69, 9.17) is 0 Å². The van der Waals surface area contributed by atoms with Gasteiger partial charge in [0.2, 0.25) is 0 Å². The molecule has 1 amide bonds. The summed E-state index contributed by atoms with van der Waals surface area (Å²) in [5.41, 5.74) is -0.218. The van der Waals surface area contributed by atoms with Crippen LogP contribution < -0.4 is 4.74 Å². The SMILES string of the molecule is O=C(c1ccccc1OC(F)(F)F)N1C[C@H]2C[C@H]1CS2(=O)=O. The Morgan fingerprint density at radius 1 is 1.27 bits per heavy atom. The van der Waals surface area contributed by atoms with Gasteiger partial charge in [0.25, 0.3) is 5.91 Å². The number of para-hydroxylation sites is 1. The van der Waals surface area contributed by atoms with Gasteiger partial charge >= 0.3 is 6.36 Å². The van der Waals surface area contributed by atoms with Gasteiger partial charge in [0, 0.05) is 12.6 Å². The number of rotatable bonds is 2. The van der Waals surface area contributed by atoms with Crippen molar-refractivity contribution in [2.45, 2.75) is 24.1 Å². The molecule has 0 unspecified atom stereocenters. The van der Waals surface area contributed by atoms with Crippen molar-refractivity contribution in [1.82, 2.24) is 4.90 Å². The highest BCUT2D eigenvalue weighted by Crippen LogP contribution is 2.35. The molecule has 2 atom stereocenters. The van der Waals surface area contributed by atoms with E-state index in [-0.39, 0.29) is 17.9 Å². The smallest absolute Gasteiger partial charge is 0.405 e. The molecule has 0 N–H and O–H groups in total. The Bertz CT molecular complexity index is 716. The third-order valence-electron chi connectivity index (χ3n) is 3.91. The minimum Gasteiger partial charge on any atom is -0.405 e. The number of sulfone groups is 1. The maximum absolute atomic E-state index is 12.4. The summed E-state index contributed by atoms with van der Waals surface area (Å²) in [6.45, 7) is 0.0200. The standard InChI is InChI=1S/C13H12F3NO4S/c14-13(15,16)21-11-4-2-1-3-10(11)12(18)17-6-9-5-8(17)7-22(9,19)20/h1-4,8-9H,5-7H2/t8-,9+/m0/s1. The zero-order valence-electron chi connectivity index (χ0n) is 11.2. The molecule has 2 bridgehead atoms. The van der Waals surface area contributed by atoms with E-state index in [2.05, 4.69) is 4.74 Å². The van der Waals surface area contributed by atoms with E-state index < -0.39 is 39.1 Å². The molecule has 2 fully saturated rings. The number of ether oxygens (including phenoxy) is 1. The minimum atomic E-state index is -4.90. The number of alkyl halides is 3. The van der Waals surface area contributed by atoms with Crippen LogP contribution in [0.15, 0.2) is 24.3 Å². The maximum Gasteiger partial charge on any atom is 0.573 e. The number of fused-ring (bicyclic) bond motifs is 2. The Kier molecular flexibility index (Phi) is 3.35. The number of hydrogen-bond acceptors (Lipinski definition) is 4. The Labute approximate surface area is 124 Å². The summed E-state index contributed by atoms with van der Waals surface area (Å²) >= 11 is 0. The van der Waals surface area contributed by atoms with Crippen LogP contribution in [0.2, 0.25) is 0 Å². The number of hydrogen-bond donors (Lipinski definition) is 0. The monoisotopic (exact) mass is 335 g/mol. The molecule has 120 valence electrons. The summed E-state index contributed by atoms with van der Waals surface area (Å²) in [7, 11) is -3.18. The predicted molar refractivity (Wildman–Crippen MR) is 70.1 cm³/mol. The fourth-order valence-electron chi connectivity index (χ4n) is 2.96. The van der Waals surface area contributed by atoms with Crippen LogP contribution in [0, 0.1) is 0 Å². The van der Waals surface area contributed by atoms with Gasteiger partial charge in [-0.05, 0) is 18.6 Å². The molecule has 0 radical (unpaired) electrons. The Balaban J connectivity index is 1.86. The number of carbonyl (C=O) groups is 1. The Morgan fingerprint density at radius 2 is 1.95 bits per heavy atom. The summed E-state index contributed by atoms with van der Waals surface area (Å²) in [4.78, 5) is 13.8. The first kappa shape index (κ1) is 15.1. The lowest BCUT2D eigenvalue weighted by Crippen LogP contribution is -2.44. The molecule has 2 heterocycles. The predicted octanol–water partition coefficient (Wildman–Crippen LogP) is 1.60. The highest BCUT2D eigenvalue weighted by molar-refractivity contribution is 7.92. The molecule has 0 saturated carbocycles.